The van der Waals surface area contributed by atoms with Gasteiger partial charge >= 0.3 is 6.09 Å². The molecule has 0 aliphatic heterocycles. The third-order valence-corrected chi connectivity index (χ3v) is 5.99. The molecule has 148 valence electrons. The molecule has 0 fully saturated rings. The maximum Gasteiger partial charge on any atom is 0.429 e. The molecular formula is C21H21N5O2S. The van der Waals surface area contributed by atoms with Crippen LogP contribution in [0, 0.1) is 6.92 Å². The van der Waals surface area contributed by atoms with Crippen molar-refractivity contribution in [2.75, 3.05) is 14.2 Å². The molecule has 0 radical (unpaired) electrons. The van der Waals surface area contributed by atoms with E-state index in [1.807, 2.05) is 31.3 Å². The van der Waals surface area contributed by atoms with Crippen molar-refractivity contribution in [1.82, 2.24) is 20.0 Å². The van der Waals surface area contributed by atoms with Crippen molar-refractivity contribution in [2.24, 2.45) is 5.10 Å². The Kier molecular flexibility index (Phi) is 5.35. The molecule has 8 heteroatoms. The van der Waals surface area contributed by atoms with Crippen LogP contribution < -0.4 is 0 Å². The second-order valence-corrected chi connectivity index (χ2v) is 7.77. The van der Waals surface area contributed by atoms with Gasteiger partial charge in [-0.2, -0.15) is 5.10 Å². The van der Waals surface area contributed by atoms with Crippen LogP contribution in [-0.2, 0) is 11.2 Å². The topological polar surface area (TPSA) is 80.6 Å². The molecule has 0 N–H and O–H groups in total. The maximum absolute atomic E-state index is 11.7. The molecule has 3 heterocycles. The molecule has 1 aliphatic rings. The first kappa shape index (κ1) is 19.2. The molecule has 7 nitrogen and oxygen atoms in total. The van der Waals surface area contributed by atoms with Crippen LogP contribution in [0.25, 0.3) is 21.1 Å². The van der Waals surface area contributed by atoms with Gasteiger partial charge in [-0.25, -0.2) is 19.8 Å². The summed E-state index contributed by atoms with van der Waals surface area (Å²) in [5.41, 5.74) is 5.58. The molecule has 0 spiro atoms. The van der Waals surface area contributed by atoms with Gasteiger partial charge in [0, 0.05) is 25.0 Å². The van der Waals surface area contributed by atoms with E-state index in [2.05, 4.69) is 16.2 Å². The Morgan fingerprint density at radius 1 is 1.24 bits per heavy atom. The van der Waals surface area contributed by atoms with E-state index in [4.69, 9.17) is 14.7 Å². The number of pyridine rings is 2. The fraction of sp³-hybridized carbons (Fsp3) is 0.286. The summed E-state index contributed by atoms with van der Waals surface area (Å²) in [7, 11) is 2.93. The lowest BCUT2D eigenvalue weighted by molar-refractivity contribution is 0.134. The lowest BCUT2D eigenvalue weighted by atomic mass is 9.94. The fourth-order valence-electron chi connectivity index (χ4n) is 3.33. The molecule has 29 heavy (non-hydrogen) atoms. The monoisotopic (exact) mass is 407 g/mol. The summed E-state index contributed by atoms with van der Waals surface area (Å²) in [5, 5.41) is 6.59. The number of amides is 1. The number of ether oxygens (including phenoxy) is 1. The normalized spacial score (nSPS) is 14.5. The zero-order valence-corrected chi connectivity index (χ0v) is 17.4. The van der Waals surface area contributed by atoms with Crippen molar-refractivity contribution in [3.8, 4) is 21.1 Å². The van der Waals surface area contributed by atoms with Gasteiger partial charge in [0.15, 0.2) is 0 Å². The predicted octanol–water partition coefficient (Wildman–Crippen LogP) is 4.31. The van der Waals surface area contributed by atoms with E-state index in [0.717, 1.165) is 63.1 Å². The van der Waals surface area contributed by atoms with Crippen molar-refractivity contribution in [3.63, 3.8) is 0 Å². The van der Waals surface area contributed by atoms with Crippen LogP contribution in [0.2, 0.25) is 0 Å². The first-order chi connectivity index (χ1) is 14.1. The lowest BCUT2D eigenvalue weighted by Gasteiger charge is -2.19. The number of aromatic nitrogens is 3. The number of thiazole rings is 1. The standard InChI is InChI=1S/C21H21N5O2S/c1-13-19(29-20(23-13)15-7-5-11-22-12-15)17-10-9-14-6-4-8-16(18(14)24-17)25-26(2)21(27)28-3/h5,7,9-12H,4,6,8H2,1-3H3/b25-16+. The van der Waals surface area contributed by atoms with E-state index in [0.29, 0.717) is 0 Å². The molecule has 0 saturated carbocycles. The van der Waals surface area contributed by atoms with Crippen LogP contribution in [0.5, 0.6) is 0 Å². The Labute approximate surface area is 173 Å². The Bertz CT molecular complexity index is 1080. The molecule has 3 aromatic heterocycles. The van der Waals surface area contributed by atoms with Crippen LogP contribution >= 0.6 is 11.3 Å². The highest BCUT2D eigenvalue weighted by atomic mass is 32.1. The van der Waals surface area contributed by atoms with Crippen LogP contribution in [0.4, 0.5) is 4.79 Å². The van der Waals surface area contributed by atoms with E-state index in [1.54, 1.807) is 24.6 Å². The summed E-state index contributed by atoms with van der Waals surface area (Å²) in [5.74, 6) is 0. The average Bonchev–Trinajstić information content (AvgIpc) is 3.15. The van der Waals surface area contributed by atoms with Crippen molar-refractivity contribution in [1.29, 1.82) is 0 Å². The summed E-state index contributed by atoms with van der Waals surface area (Å²) < 4.78 is 4.74. The van der Waals surface area contributed by atoms with Gasteiger partial charge in [-0.1, -0.05) is 6.07 Å². The van der Waals surface area contributed by atoms with E-state index in [-0.39, 0.29) is 0 Å². The van der Waals surface area contributed by atoms with Crippen molar-refractivity contribution in [3.05, 3.63) is 53.6 Å². The van der Waals surface area contributed by atoms with Crippen LogP contribution in [0.15, 0.2) is 41.8 Å². The number of rotatable bonds is 3. The van der Waals surface area contributed by atoms with Gasteiger partial charge in [0.25, 0.3) is 0 Å². The maximum atomic E-state index is 11.7. The number of carbonyl (C=O) groups is 1. The zero-order valence-electron chi connectivity index (χ0n) is 16.5. The minimum absolute atomic E-state index is 0.500. The van der Waals surface area contributed by atoms with Gasteiger partial charge in [-0.3, -0.25) is 4.98 Å². The molecular weight excluding hydrogens is 386 g/mol. The smallest absolute Gasteiger partial charge is 0.429 e. The second-order valence-electron chi connectivity index (χ2n) is 6.77. The largest absolute Gasteiger partial charge is 0.451 e. The van der Waals surface area contributed by atoms with Gasteiger partial charge < -0.3 is 4.74 Å². The minimum atomic E-state index is -0.500. The minimum Gasteiger partial charge on any atom is -0.451 e. The highest BCUT2D eigenvalue weighted by Crippen LogP contribution is 2.35. The second kappa shape index (κ2) is 8.08. The number of hydrazone groups is 1. The number of nitrogens with zero attached hydrogens (tertiary/aromatic N) is 5. The highest BCUT2D eigenvalue weighted by molar-refractivity contribution is 7.18. The van der Waals surface area contributed by atoms with Crippen LogP contribution in [0.1, 0.15) is 29.8 Å². The molecule has 0 unspecified atom stereocenters. The molecule has 1 aliphatic carbocycles. The first-order valence-corrected chi connectivity index (χ1v) is 10.2. The Morgan fingerprint density at radius 3 is 2.86 bits per heavy atom. The summed E-state index contributed by atoms with van der Waals surface area (Å²) >= 11 is 1.60. The molecule has 3 aromatic rings. The van der Waals surface area contributed by atoms with Crippen molar-refractivity contribution in [2.45, 2.75) is 26.2 Å². The summed E-state index contributed by atoms with van der Waals surface area (Å²) in [6.07, 6.45) is 5.77. The van der Waals surface area contributed by atoms with Crippen molar-refractivity contribution < 1.29 is 9.53 Å². The van der Waals surface area contributed by atoms with Gasteiger partial charge in [-0.15, -0.1) is 11.3 Å². The molecule has 0 atom stereocenters. The first-order valence-electron chi connectivity index (χ1n) is 9.34. The fourth-order valence-corrected chi connectivity index (χ4v) is 4.36. The van der Waals surface area contributed by atoms with E-state index in [1.165, 1.54) is 12.1 Å². The molecule has 0 aromatic carbocycles. The average molecular weight is 407 g/mol. The van der Waals surface area contributed by atoms with Gasteiger partial charge in [-0.05, 0) is 49.9 Å². The van der Waals surface area contributed by atoms with Crippen LogP contribution in [0.3, 0.4) is 0 Å². The molecule has 1 amide bonds. The number of hydrogen-bond donors (Lipinski definition) is 0. The Balaban J connectivity index is 1.73. The highest BCUT2D eigenvalue weighted by Gasteiger charge is 2.21. The third-order valence-electron chi connectivity index (χ3n) is 4.76. The third kappa shape index (κ3) is 3.88. The van der Waals surface area contributed by atoms with Gasteiger partial charge in [0.1, 0.15) is 5.01 Å². The zero-order chi connectivity index (χ0) is 20.4. The number of methoxy groups -OCH3 is 1. The van der Waals surface area contributed by atoms with E-state index < -0.39 is 6.09 Å². The summed E-state index contributed by atoms with van der Waals surface area (Å²) in [6.45, 7) is 1.99. The predicted molar refractivity (Wildman–Crippen MR) is 113 cm³/mol. The van der Waals surface area contributed by atoms with Crippen LogP contribution in [-0.4, -0.2) is 45.9 Å². The Hall–Kier alpha value is -3.13. The summed E-state index contributed by atoms with van der Waals surface area (Å²) in [4.78, 5) is 26.6. The molecule has 0 saturated heterocycles. The molecule has 4 rings (SSSR count). The Morgan fingerprint density at radius 2 is 2.10 bits per heavy atom. The SMILES string of the molecule is COC(=O)N(C)/N=C1\CCCc2ccc(-c3sc(-c4cccnc4)nc3C)nc21. The summed E-state index contributed by atoms with van der Waals surface area (Å²) in [6, 6.07) is 8.05. The number of carbonyl (C=O) groups excluding carboxylic acids is 1. The quantitative estimate of drug-likeness (QED) is 0.604. The number of aryl methyl sites for hydroxylation is 2. The van der Waals surface area contributed by atoms with Gasteiger partial charge in [0.05, 0.1) is 34.8 Å². The number of fused-ring (bicyclic) bond motifs is 1. The lowest BCUT2D eigenvalue weighted by Crippen LogP contribution is -2.25. The van der Waals surface area contributed by atoms with E-state index in [9.17, 15) is 4.79 Å². The van der Waals surface area contributed by atoms with Crippen molar-refractivity contribution >= 4 is 23.1 Å². The molecule has 0 bridgehead atoms. The van der Waals surface area contributed by atoms with Gasteiger partial charge in [0.2, 0.25) is 0 Å². The van der Waals surface area contributed by atoms with E-state index >= 15 is 0 Å². The number of hydrogen-bond acceptors (Lipinski definition) is 7.